The first-order chi connectivity index (χ1) is 8.86. The molecule has 94 valence electrons. The molecule has 2 aromatic heterocycles. The van der Waals surface area contributed by atoms with Crippen molar-refractivity contribution in [2.75, 3.05) is 6.54 Å². The summed E-state index contributed by atoms with van der Waals surface area (Å²) in [7, 11) is 0. The number of pyridine rings is 2. The first-order valence-electron chi connectivity index (χ1n) is 5.83. The second-order valence-corrected chi connectivity index (χ2v) is 3.47. The minimum absolute atomic E-state index is 0.479. The van der Waals surface area contributed by atoms with E-state index >= 15 is 0 Å². The van der Waals surface area contributed by atoms with Crippen LogP contribution in [0.25, 0.3) is 0 Å². The third kappa shape index (κ3) is 5.86. The van der Waals surface area contributed by atoms with Gasteiger partial charge in [-0.2, -0.15) is 0 Å². The summed E-state index contributed by atoms with van der Waals surface area (Å²) in [5.74, 6) is 0. The van der Waals surface area contributed by atoms with E-state index in [-0.39, 0.29) is 0 Å². The van der Waals surface area contributed by atoms with E-state index < -0.39 is 0 Å². The maximum Gasteiger partial charge on any atom is 0.168 e. The van der Waals surface area contributed by atoms with Gasteiger partial charge in [-0.3, -0.25) is 14.8 Å². The normalized spacial score (nSPS) is 9.17. The van der Waals surface area contributed by atoms with Crippen LogP contribution in [0.5, 0.6) is 0 Å². The Bertz CT molecular complexity index is 431. The molecule has 0 spiro atoms. The van der Waals surface area contributed by atoms with Gasteiger partial charge in [-0.25, -0.2) is 0 Å². The molecule has 0 bridgehead atoms. The molecule has 2 aromatic rings. The fourth-order valence-electron chi connectivity index (χ4n) is 1.20. The van der Waals surface area contributed by atoms with E-state index in [1.807, 2.05) is 24.4 Å². The summed E-state index contributed by atoms with van der Waals surface area (Å²) in [6, 6.07) is 11.1. The molecule has 0 fully saturated rings. The van der Waals surface area contributed by atoms with Crippen molar-refractivity contribution >= 4 is 6.29 Å². The maximum atomic E-state index is 9.94. The molecule has 0 atom stereocenters. The number of nitrogens with zero attached hydrogens (tertiary/aromatic N) is 2. The molecule has 2 heterocycles. The summed E-state index contributed by atoms with van der Waals surface area (Å²) < 4.78 is 0. The number of hydrogen-bond acceptors (Lipinski definition) is 4. The van der Waals surface area contributed by atoms with Crippen LogP contribution < -0.4 is 5.32 Å². The lowest BCUT2D eigenvalue weighted by atomic mass is 10.3. The van der Waals surface area contributed by atoms with Gasteiger partial charge in [0.2, 0.25) is 0 Å². The standard InChI is InChI=1S/C8H12N2.C6H5NO/c1-2-9-7-8-5-3-4-6-10-8;8-5-6-3-1-2-4-7-6/h3-6,9H,2,7H2,1H3;1-5H. The molecule has 0 saturated carbocycles. The lowest BCUT2D eigenvalue weighted by Gasteiger charge is -1.98. The highest BCUT2D eigenvalue weighted by Crippen LogP contribution is 1.90. The SMILES string of the molecule is CCNCc1ccccn1.O=Cc1ccccn1. The molecule has 0 aliphatic heterocycles. The summed E-state index contributed by atoms with van der Waals surface area (Å²) >= 11 is 0. The van der Waals surface area contributed by atoms with E-state index in [1.165, 1.54) is 0 Å². The van der Waals surface area contributed by atoms with Gasteiger partial charge in [-0.1, -0.05) is 19.1 Å². The van der Waals surface area contributed by atoms with Crippen LogP contribution >= 0.6 is 0 Å². The van der Waals surface area contributed by atoms with Gasteiger partial charge >= 0.3 is 0 Å². The second-order valence-electron chi connectivity index (χ2n) is 3.47. The maximum absolute atomic E-state index is 9.94. The predicted molar refractivity (Wildman–Crippen MR) is 71.2 cm³/mol. The van der Waals surface area contributed by atoms with Gasteiger partial charge < -0.3 is 5.32 Å². The molecule has 2 rings (SSSR count). The molecule has 0 aromatic carbocycles. The van der Waals surface area contributed by atoms with Crippen LogP contribution in [-0.4, -0.2) is 22.8 Å². The Labute approximate surface area is 107 Å². The molecule has 0 aliphatic rings. The van der Waals surface area contributed by atoms with Crippen molar-refractivity contribution in [1.82, 2.24) is 15.3 Å². The van der Waals surface area contributed by atoms with E-state index in [0.717, 1.165) is 25.1 Å². The molecule has 0 saturated heterocycles. The molecule has 4 heteroatoms. The van der Waals surface area contributed by atoms with Crippen LogP contribution in [0.15, 0.2) is 48.8 Å². The summed E-state index contributed by atoms with van der Waals surface area (Å²) in [5.41, 5.74) is 1.58. The first-order valence-corrected chi connectivity index (χ1v) is 5.83. The van der Waals surface area contributed by atoms with Gasteiger partial charge in [0.05, 0.1) is 5.69 Å². The lowest BCUT2D eigenvalue weighted by molar-refractivity contribution is 0.111. The zero-order chi connectivity index (χ0) is 13.1. The van der Waals surface area contributed by atoms with Gasteiger partial charge in [-0.05, 0) is 30.8 Å². The fraction of sp³-hybridized carbons (Fsp3) is 0.214. The zero-order valence-electron chi connectivity index (χ0n) is 10.4. The number of hydrogen-bond donors (Lipinski definition) is 1. The first kappa shape index (κ1) is 14.0. The van der Waals surface area contributed by atoms with Crippen LogP contribution in [0.2, 0.25) is 0 Å². The van der Waals surface area contributed by atoms with Crippen molar-refractivity contribution in [3.05, 3.63) is 60.2 Å². The Morgan fingerprint density at radius 2 is 1.83 bits per heavy atom. The van der Waals surface area contributed by atoms with Crippen LogP contribution in [0.1, 0.15) is 23.1 Å². The van der Waals surface area contributed by atoms with Crippen LogP contribution in [0.3, 0.4) is 0 Å². The Balaban J connectivity index is 0.000000184. The highest BCUT2D eigenvalue weighted by atomic mass is 16.1. The fourth-order valence-corrected chi connectivity index (χ4v) is 1.20. The van der Waals surface area contributed by atoms with Crippen molar-refractivity contribution in [2.24, 2.45) is 0 Å². The molecular weight excluding hydrogens is 226 g/mol. The van der Waals surface area contributed by atoms with Crippen molar-refractivity contribution in [1.29, 1.82) is 0 Å². The third-order valence-corrected chi connectivity index (χ3v) is 2.09. The van der Waals surface area contributed by atoms with Crippen LogP contribution in [0, 0.1) is 0 Å². The molecule has 4 nitrogen and oxygen atoms in total. The van der Waals surface area contributed by atoms with Crippen molar-refractivity contribution in [3.63, 3.8) is 0 Å². The molecule has 0 unspecified atom stereocenters. The second kappa shape index (κ2) is 9.01. The number of carbonyl (C=O) groups excluding carboxylic acids is 1. The Kier molecular flexibility index (Phi) is 7.01. The van der Waals surface area contributed by atoms with Crippen molar-refractivity contribution < 1.29 is 4.79 Å². The predicted octanol–water partition coefficient (Wildman–Crippen LogP) is 2.09. The summed E-state index contributed by atoms with van der Waals surface area (Å²) in [6.07, 6.45) is 4.12. The van der Waals surface area contributed by atoms with E-state index in [1.54, 1.807) is 24.4 Å². The quantitative estimate of drug-likeness (QED) is 0.835. The van der Waals surface area contributed by atoms with Crippen molar-refractivity contribution in [3.8, 4) is 0 Å². The number of nitrogens with one attached hydrogen (secondary N) is 1. The van der Waals surface area contributed by atoms with Gasteiger partial charge in [0.25, 0.3) is 0 Å². The molecule has 0 aliphatic carbocycles. The average molecular weight is 243 g/mol. The minimum atomic E-state index is 0.479. The highest BCUT2D eigenvalue weighted by molar-refractivity contribution is 5.71. The van der Waals surface area contributed by atoms with Crippen LogP contribution in [0.4, 0.5) is 0 Å². The topological polar surface area (TPSA) is 54.9 Å². The van der Waals surface area contributed by atoms with Gasteiger partial charge in [0, 0.05) is 18.9 Å². The molecule has 0 radical (unpaired) electrons. The van der Waals surface area contributed by atoms with E-state index in [4.69, 9.17) is 0 Å². The van der Waals surface area contributed by atoms with E-state index in [2.05, 4.69) is 22.2 Å². The highest BCUT2D eigenvalue weighted by Gasteiger charge is 1.87. The Morgan fingerprint density at radius 3 is 2.28 bits per heavy atom. The monoisotopic (exact) mass is 243 g/mol. The largest absolute Gasteiger partial charge is 0.311 e. The lowest BCUT2D eigenvalue weighted by Crippen LogP contribution is -2.12. The summed E-state index contributed by atoms with van der Waals surface area (Å²) in [4.78, 5) is 17.8. The van der Waals surface area contributed by atoms with Gasteiger partial charge in [0.1, 0.15) is 5.69 Å². The van der Waals surface area contributed by atoms with Gasteiger partial charge in [-0.15, -0.1) is 0 Å². The van der Waals surface area contributed by atoms with Gasteiger partial charge in [0.15, 0.2) is 6.29 Å². The summed E-state index contributed by atoms with van der Waals surface area (Å²) in [6.45, 7) is 3.96. The molecular formula is C14H17N3O. The van der Waals surface area contributed by atoms with E-state index in [9.17, 15) is 4.79 Å². The van der Waals surface area contributed by atoms with Crippen LogP contribution in [-0.2, 0) is 6.54 Å². The number of aldehydes is 1. The minimum Gasteiger partial charge on any atom is -0.311 e. The number of rotatable bonds is 4. The zero-order valence-corrected chi connectivity index (χ0v) is 10.4. The summed E-state index contributed by atoms with van der Waals surface area (Å²) in [5, 5.41) is 3.20. The smallest absolute Gasteiger partial charge is 0.168 e. The van der Waals surface area contributed by atoms with Crippen molar-refractivity contribution in [2.45, 2.75) is 13.5 Å². The molecule has 1 N–H and O–H groups in total. The number of carbonyl (C=O) groups is 1. The Hall–Kier alpha value is -2.07. The molecule has 18 heavy (non-hydrogen) atoms. The third-order valence-electron chi connectivity index (χ3n) is 2.09. The Morgan fingerprint density at radius 1 is 1.11 bits per heavy atom. The molecule has 0 amide bonds. The number of aromatic nitrogens is 2. The average Bonchev–Trinajstić information content (AvgIpc) is 2.48. The van der Waals surface area contributed by atoms with E-state index in [0.29, 0.717) is 5.69 Å².